The number of hydrogen-bond donors (Lipinski definition) is 3. The van der Waals surface area contributed by atoms with Gasteiger partial charge in [0.05, 0.1) is 5.69 Å². The summed E-state index contributed by atoms with van der Waals surface area (Å²) in [5.41, 5.74) is 13.3. The molecule has 112 valence electrons. The molecule has 0 saturated carbocycles. The summed E-state index contributed by atoms with van der Waals surface area (Å²) < 4.78 is 0. The number of anilines is 2. The van der Waals surface area contributed by atoms with E-state index in [-0.39, 0.29) is 0 Å². The molecule has 22 heavy (non-hydrogen) atoms. The van der Waals surface area contributed by atoms with Crippen LogP contribution < -0.4 is 16.8 Å². The largest absolute Gasteiger partial charge is 0.386 e. The molecule has 2 heterocycles. The van der Waals surface area contributed by atoms with Crippen LogP contribution >= 0.6 is 11.8 Å². The SMILES string of the molecule is C/C(N)=N/N=C(\N)Cc1ccc2c(c1)Nc1nccnc1S2. The van der Waals surface area contributed by atoms with Gasteiger partial charge >= 0.3 is 0 Å². The Balaban J connectivity index is 1.81. The molecule has 2 aromatic rings. The molecule has 0 atom stereocenters. The molecule has 1 aromatic heterocycles. The maximum atomic E-state index is 5.85. The van der Waals surface area contributed by atoms with Crippen molar-refractivity contribution in [1.29, 1.82) is 0 Å². The quantitative estimate of drug-likeness (QED) is 0.386. The molecule has 0 radical (unpaired) electrons. The molecule has 0 aliphatic carbocycles. The summed E-state index contributed by atoms with van der Waals surface area (Å²) in [5, 5.41) is 11.8. The first kappa shape index (κ1) is 14.3. The van der Waals surface area contributed by atoms with Crippen molar-refractivity contribution in [2.75, 3.05) is 5.32 Å². The maximum absolute atomic E-state index is 5.85. The molecule has 0 bridgehead atoms. The Morgan fingerprint density at radius 2 is 2.05 bits per heavy atom. The summed E-state index contributed by atoms with van der Waals surface area (Å²) in [6, 6.07) is 6.07. The fourth-order valence-electron chi connectivity index (χ4n) is 1.98. The van der Waals surface area contributed by atoms with E-state index >= 15 is 0 Å². The topological polar surface area (TPSA) is 115 Å². The zero-order chi connectivity index (χ0) is 15.5. The molecule has 1 aliphatic heterocycles. The second-order valence-electron chi connectivity index (χ2n) is 4.78. The molecule has 1 aromatic carbocycles. The Bertz CT molecular complexity index is 766. The number of rotatable bonds is 3. The summed E-state index contributed by atoms with van der Waals surface area (Å²) in [6.07, 6.45) is 3.85. The first-order valence-electron chi connectivity index (χ1n) is 6.62. The lowest BCUT2D eigenvalue weighted by Gasteiger charge is -2.19. The molecule has 0 unspecified atom stereocenters. The molecule has 0 amide bonds. The van der Waals surface area contributed by atoms with Gasteiger partial charge in [-0.1, -0.05) is 17.8 Å². The summed E-state index contributed by atoms with van der Waals surface area (Å²) in [5.74, 6) is 1.55. The van der Waals surface area contributed by atoms with Crippen molar-refractivity contribution < 1.29 is 0 Å². The van der Waals surface area contributed by atoms with Crippen LogP contribution in [0.2, 0.25) is 0 Å². The third-order valence-corrected chi connectivity index (χ3v) is 3.96. The second kappa shape index (κ2) is 6.02. The highest BCUT2D eigenvalue weighted by atomic mass is 32.2. The highest BCUT2D eigenvalue weighted by molar-refractivity contribution is 7.99. The first-order valence-corrected chi connectivity index (χ1v) is 7.44. The van der Waals surface area contributed by atoms with E-state index in [1.165, 1.54) is 0 Å². The molecular formula is C14H15N7S. The second-order valence-corrected chi connectivity index (χ2v) is 5.81. The van der Waals surface area contributed by atoms with Crippen molar-refractivity contribution in [2.24, 2.45) is 21.7 Å². The number of amidine groups is 2. The van der Waals surface area contributed by atoms with Crippen LogP contribution in [-0.2, 0) is 6.42 Å². The van der Waals surface area contributed by atoms with E-state index in [2.05, 4.69) is 25.5 Å². The van der Waals surface area contributed by atoms with Crippen LogP contribution in [-0.4, -0.2) is 21.6 Å². The Morgan fingerprint density at radius 3 is 2.86 bits per heavy atom. The van der Waals surface area contributed by atoms with E-state index in [1.807, 2.05) is 18.2 Å². The molecule has 0 fully saturated rings. The number of hydrogen-bond acceptors (Lipinski definition) is 6. The van der Waals surface area contributed by atoms with Crippen LogP contribution in [0, 0.1) is 0 Å². The number of nitrogens with zero attached hydrogens (tertiary/aromatic N) is 4. The molecule has 1 aliphatic rings. The van der Waals surface area contributed by atoms with E-state index in [0.29, 0.717) is 18.1 Å². The number of benzene rings is 1. The van der Waals surface area contributed by atoms with E-state index in [0.717, 1.165) is 27.0 Å². The van der Waals surface area contributed by atoms with Gasteiger partial charge in [0.1, 0.15) is 16.7 Å². The number of fused-ring (bicyclic) bond motifs is 2. The van der Waals surface area contributed by atoms with Gasteiger partial charge in [-0.2, -0.15) is 0 Å². The Labute approximate surface area is 131 Å². The van der Waals surface area contributed by atoms with Gasteiger partial charge in [0.2, 0.25) is 0 Å². The monoisotopic (exact) mass is 313 g/mol. The molecule has 3 rings (SSSR count). The van der Waals surface area contributed by atoms with Gasteiger partial charge in [-0.3, -0.25) is 0 Å². The van der Waals surface area contributed by atoms with Crippen molar-refractivity contribution in [3.05, 3.63) is 36.2 Å². The van der Waals surface area contributed by atoms with Crippen molar-refractivity contribution in [3.8, 4) is 0 Å². The van der Waals surface area contributed by atoms with Gasteiger partial charge in [0.15, 0.2) is 5.82 Å². The molecule has 0 saturated heterocycles. The van der Waals surface area contributed by atoms with Crippen LogP contribution in [0.1, 0.15) is 12.5 Å². The maximum Gasteiger partial charge on any atom is 0.163 e. The molecule has 7 nitrogen and oxygen atoms in total. The lowest BCUT2D eigenvalue weighted by Crippen LogP contribution is -2.15. The van der Waals surface area contributed by atoms with Gasteiger partial charge < -0.3 is 16.8 Å². The van der Waals surface area contributed by atoms with Crippen LogP contribution in [0.15, 0.2) is 50.7 Å². The van der Waals surface area contributed by atoms with Gasteiger partial charge in [-0.25, -0.2) is 9.97 Å². The Morgan fingerprint density at radius 1 is 1.23 bits per heavy atom. The Hall–Kier alpha value is -2.61. The zero-order valence-electron chi connectivity index (χ0n) is 11.9. The van der Waals surface area contributed by atoms with Crippen molar-refractivity contribution in [2.45, 2.75) is 23.3 Å². The lowest BCUT2D eigenvalue weighted by atomic mass is 10.1. The van der Waals surface area contributed by atoms with E-state index in [1.54, 1.807) is 31.1 Å². The number of aromatic nitrogens is 2. The van der Waals surface area contributed by atoms with Crippen molar-refractivity contribution in [3.63, 3.8) is 0 Å². The number of nitrogens with one attached hydrogen (secondary N) is 1. The molecule has 5 N–H and O–H groups in total. The first-order chi connectivity index (χ1) is 10.6. The highest BCUT2D eigenvalue weighted by Crippen LogP contribution is 2.41. The van der Waals surface area contributed by atoms with Crippen LogP contribution in [0.5, 0.6) is 0 Å². The minimum atomic E-state index is 0.377. The van der Waals surface area contributed by atoms with Crippen LogP contribution in [0.3, 0.4) is 0 Å². The third kappa shape index (κ3) is 3.17. The standard InChI is InChI=1S/C14H15N7S/c1-8(15)20-21-12(16)7-9-2-3-11-10(6-9)19-13-14(22-11)18-5-4-17-13/h2-6H,7H2,1H3,(H2,15,20)(H2,16,21)(H,17,19). The Kier molecular flexibility index (Phi) is 3.92. The summed E-state index contributed by atoms with van der Waals surface area (Å²) in [7, 11) is 0. The van der Waals surface area contributed by atoms with Gasteiger partial charge in [0.25, 0.3) is 0 Å². The van der Waals surface area contributed by atoms with E-state index < -0.39 is 0 Å². The average molecular weight is 313 g/mol. The predicted molar refractivity (Wildman–Crippen MR) is 88.5 cm³/mol. The van der Waals surface area contributed by atoms with E-state index in [4.69, 9.17) is 11.5 Å². The molecule has 8 heteroatoms. The fraction of sp³-hybridized carbons (Fsp3) is 0.143. The zero-order valence-corrected chi connectivity index (χ0v) is 12.8. The van der Waals surface area contributed by atoms with Crippen LogP contribution in [0.4, 0.5) is 11.5 Å². The lowest BCUT2D eigenvalue weighted by molar-refractivity contribution is 1.04. The van der Waals surface area contributed by atoms with Crippen molar-refractivity contribution in [1.82, 2.24) is 9.97 Å². The smallest absolute Gasteiger partial charge is 0.163 e. The normalized spacial score (nSPS) is 14.0. The minimum absolute atomic E-state index is 0.377. The minimum Gasteiger partial charge on any atom is -0.386 e. The highest BCUT2D eigenvalue weighted by Gasteiger charge is 2.17. The van der Waals surface area contributed by atoms with Gasteiger partial charge in [-0.05, 0) is 24.6 Å². The van der Waals surface area contributed by atoms with Crippen LogP contribution in [0.25, 0.3) is 0 Å². The van der Waals surface area contributed by atoms with Gasteiger partial charge in [0, 0.05) is 23.7 Å². The number of nitrogens with two attached hydrogens (primary N) is 2. The average Bonchev–Trinajstić information content (AvgIpc) is 2.51. The third-order valence-electron chi connectivity index (χ3n) is 2.89. The summed E-state index contributed by atoms with van der Waals surface area (Å²) >= 11 is 1.59. The predicted octanol–water partition coefficient (Wildman–Crippen LogP) is 1.88. The van der Waals surface area contributed by atoms with E-state index in [9.17, 15) is 0 Å². The molecule has 0 spiro atoms. The molecular weight excluding hydrogens is 298 g/mol. The summed E-state index contributed by atoms with van der Waals surface area (Å²) in [4.78, 5) is 9.69. The summed E-state index contributed by atoms with van der Waals surface area (Å²) in [6.45, 7) is 1.66. The van der Waals surface area contributed by atoms with Gasteiger partial charge in [-0.15, -0.1) is 10.2 Å². The van der Waals surface area contributed by atoms with Crippen molar-refractivity contribution >= 4 is 34.9 Å². The fourth-order valence-corrected chi connectivity index (χ4v) is 2.86.